The lowest BCUT2D eigenvalue weighted by Gasteiger charge is -2.22. The molecule has 0 saturated heterocycles. The van der Waals surface area contributed by atoms with E-state index in [4.69, 9.17) is 4.74 Å². The van der Waals surface area contributed by atoms with Crippen LogP contribution in [-0.2, 0) is 14.3 Å². The van der Waals surface area contributed by atoms with Crippen molar-refractivity contribution in [2.24, 2.45) is 0 Å². The highest BCUT2D eigenvalue weighted by Crippen LogP contribution is 2.17. The van der Waals surface area contributed by atoms with Crippen LogP contribution in [0.1, 0.15) is 309 Å². The summed E-state index contributed by atoms with van der Waals surface area (Å²) in [5, 5.41) is 23.2. The third-order valence-corrected chi connectivity index (χ3v) is 12.9. The number of esters is 1. The van der Waals surface area contributed by atoms with Crippen LogP contribution in [-0.4, -0.2) is 47.4 Å². The van der Waals surface area contributed by atoms with E-state index in [1.165, 1.54) is 238 Å². The Bertz CT molecular complexity index is 852. The molecule has 0 heterocycles. The molecule has 0 aromatic heterocycles. The van der Waals surface area contributed by atoms with Gasteiger partial charge in [-0.05, 0) is 25.7 Å². The van der Waals surface area contributed by atoms with E-state index < -0.39 is 12.1 Å². The molecule has 0 aromatic carbocycles. The summed E-state index contributed by atoms with van der Waals surface area (Å²) in [6.07, 6.45) is 56.5. The molecular formula is C54H107NO5. The summed E-state index contributed by atoms with van der Waals surface area (Å²) < 4.78 is 5.46. The van der Waals surface area contributed by atoms with Crippen molar-refractivity contribution in [3.05, 3.63) is 0 Å². The van der Waals surface area contributed by atoms with E-state index in [0.29, 0.717) is 25.9 Å². The number of carbonyl (C=O) groups is 2. The minimum absolute atomic E-state index is 0.00763. The van der Waals surface area contributed by atoms with E-state index >= 15 is 0 Å². The van der Waals surface area contributed by atoms with Gasteiger partial charge in [-0.2, -0.15) is 0 Å². The third-order valence-electron chi connectivity index (χ3n) is 12.9. The number of aliphatic hydroxyl groups excluding tert-OH is 2. The first kappa shape index (κ1) is 58.9. The molecule has 2 unspecified atom stereocenters. The number of hydrogen-bond acceptors (Lipinski definition) is 5. The Morgan fingerprint density at radius 3 is 1.02 bits per heavy atom. The molecule has 0 spiro atoms. The van der Waals surface area contributed by atoms with Gasteiger partial charge in [0.25, 0.3) is 0 Å². The minimum Gasteiger partial charge on any atom is -0.466 e. The first-order valence-electron chi connectivity index (χ1n) is 27.3. The van der Waals surface area contributed by atoms with E-state index in [1.54, 1.807) is 0 Å². The summed E-state index contributed by atoms with van der Waals surface area (Å²) in [7, 11) is 0. The van der Waals surface area contributed by atoms with E-state index in [2.05, 4.69) is 19.2 Å². The molecule has 0 aromatic rings. The largest absolute Gasteiger partial charge is 0.466 e. The van der Waals surface area contributed by atoms with E-state index in [-0.39, 0.29) is 18.5 Å². The van der Waals surface area contributed by atoms with Gasteiger partial charge in [0.1, 0.15) is 0 Å². The SMILES string of the molecule is CCCCCCCCCCCCCCCCC(O)C(CO)NC(=O)CCCCCCCCCCCCCCCCCCCCOC(=O)CCCCCCCCCCCCC. The second kappa shape index (κ2) is 50.5. The van der Waals surface area contributed by atoms with Crippen LogP contribution in [0, 0.1) is 0 Å². The highest BCUT2D eigenvalue weighted by atomic mass is 16.5. The van der Waals surface area contributed by atoms with Crippen molar-refractivity contribution in [1.82, 2.24) is 5.32 Å². The Morgan fingerprint density at radius 2 is 0.683 bits per heavy atom. The van der Waals surface area contributed by atoms with E-state index in [9.17, 15) is 19.8 Å². The predicted octanol–water partition coefficient (Wildman–Crippen LogP) is 16.4. The zero-order valence-electron chi connectivity index (χ0n) is 40.7. The monoisotopic (exact) mass is 850 g/mol. The number of unbranched alkanes of at least 4 members (excludes halogenated alkanes) is 40. The summed E-state index contributed by atoms with van der Waals surface area (Å²) in [6.45, 7) is 4.95. The van der Waals surface area contributed by atoms with Gasteiger partial charge in [0.15, 0.2) is 0 Å². The van der Waals surface area contributed by atoms with Crippen LogP contribution in [0.3, 0.4) is 0 Å². The average Bonchev–Trinajstić information content (AvgIpc) is 3.25. The van der Waals surface area contributed by atoms with Gasteiger partial charge in [-0.3, -0.25) is 9.59 Å². The first-order valence-corrected chi connectivity index (χ1v) is 27.3. The second-order valence-electron chi connectivity index (χ2n) is 18.9. The minimum atomic E-state index is -0.665. The zero-order chi connectivity index (χ0) is 43.7. The number of aliphatic hydroxyl groups is 2. The van der Waals surface area contributed by atoms with Gasteiger partial charge in [0.05, 0.1) is 25.4 Å². The number of hydrogen-bond donors (Lipinski definition) is 3. The summed E-state index contributed by atoms with van der Waals surface area (Å²) in [5.41, 5.74) is 0. The summed E-state index contributed by atoms with van der Waals surface area (Å²) >= 11 is 0. The molecule has 0 rings (SSSR count). The van der Waals surface area contributed by atoms with Gasteiger partial charge < -0.3 is 20.3 Å². The molecule has 0 radical (unpaired) electrons. The van der Waals surface area contributed by atoms with Crippen LogP contribution in [0.4, 0.5) is 0 Å². The van der Waals surface area contributed by atoms with Crippen molar-refractivity contribution in [2.45, 2.75) is 321 Å². The molecule has 0 fully saturated rings. The van der Waals surface area contributed by atoms with Gasteiger partial charge in [0.2, 0.25) is 5.91 Å². The van der Waals surface area contributed by atoms with Crippen LogP contribution >= 0.6 is 0 Å². The first-order chi connectivity index (χ1) is 29.5. The molecule has 2 atom stereocenters. The highest BCUT2D eigenvalue weighted by Gasteiger charge is 2.20. The average molecular weight is 850 g/mol. The summed E-state index contributed by atoms with van der Waals surface area (Å²) in [6, 6.07) is -0.542. The van der Waals surface area contributed by atoms with Crippen LogP contribution < -0.4 is 5.32 Å². The molecule has 0 aliphatic heterocycles. The maximum Gasteiger partial charge on any atom is 0.305 e. The standard InChI is InChI=1S/C54H107NO5/c1-3-5-7-9-11-13-15-16-23-27-30-34-38-42-46-52(57)51(50-56)55-53(58)47-43-39-35-31-28-24-21-19-17-18-20-22-25-29-33-37-41-45-49-60-54(59)48-44-40-36-32-26-14-12-10-8-6-4-2/h51-52,56-57H,3-50H2,1-2H3,(H,55,58). The molecule has 6 nitrogen and oxygen atoms in total. The topological polar surface area (TPSA) is 95.9 Å². The molecule has 0 bridgehead atoms. The van der Waals surface area contributed by atoms with Crippen LogP contribution in [0.2, 0.25) is 0 Å². The van der Waals surface area contributed by atoms with E-state index in [0.717, 1.165) is 38.5 Å². The molecule has 358 valence electrons. The zero-order valence-corrected chi connectivity index (χ0v) is 40.7. The lowest BCUT2D eigenvalue weighted by Crippen LogP contribution is -2.45. The molecule has 0 aliphatic rings. The van der Waals surface area contributed by atoms with Crippen LogP contribution in [0.15, 0.2) is 0 Å². The number of nitrogens with one attached hydrogen (secondary N) is 1. The van der Waals surface area contributed by atoms with Gasteiger partial charge in [-0.15, -0.1) is 0 Å². The summed E-state index contributed by atoms with van der Waals surface area (Å²) in [5.74, 6) is -0.0294. The van der Waals surface area contributed by atoms with Gasteiger partial charge in [-0.25, -0.2) is 0 Å². The Morgan fingerprint density at radius 1 is 0.400 bits per heavy atom. The molecule has 0 saturated carbocycles. The molecular weight excluding hydrogens is 743 g/mol. The van der Waals surface area contributed by atoms with Crippen molar-refractivity contribution in [3.63, 3.8) is 0 Å². The lowest BCUT2D eigenvalue weighted by molar-refractivity contribution is -0.143. The van der Waals surface area contributed by atoms with Gasteiger partial charge >= 0.3 is 5.97 Å². The smallest absolute Gasteiger partial charge is 0.305 e. The fraction of sp³-hybridized carbons (Fsp3) is 0.963. The van der Waals surface area contributed by atoms with Crippen molar-refractivity contribution < 1.29 is 24.5 Å². The molecule has 0 aliphatic carbocycles. The molecule has 6 heteroatoms. The van der Waals surface area contributed by atoms with Crippen molar-refractivity contribution in [3.8, 4) is 0 Å². The second-order valence-corrected chi connectivity index (χ2v) is 18.9. The van der Waals surface area contributed by atoms with Gasteiger partial charge in [-0.1, -0.05) is 271 Å². The number of carbonyl (C=O) groups excluding carboxylic acids is 2. The van der Waals surface area contributed by atoms with Crippen LogP contribution in [0.5, 0.6) is 0 Å². The highest BCUT2D eigenvalue weighted by molar-refractivity contribution is 5.76. The quantitative estimate of drug-likeness (QED) is 0.0418. The number of amides is 1. The van der Waals surface area contributed by atoms with Crippen molar-refractivity contribution in [2.75, 3.05) is 13.2 Å². The van der Waals surface area contributed by atoms with Gasteiger partial charge in [0, 0.05) is 12.8 Å². The third kappa shape index (κ3) is 46.4. The normalized spacial score (nSPS) is 12.5. The fourth-order valence-electron chi connectivity index (χ4n) is 8.70. The lowest BCUT2D eigenvalue weighted by atomic mass is 10.0. The Hall–Kier alpha value is -1.14. The van der Waals surface area contributed by atoms with Crippen molar-refractivity contribution in [1.29, 1.82) is 0 Å². The number of rotatable bonds is 51. The number of ether oxygens (including phenoxy) is 1. The molecule has 1 amide bonds. The predicted molar refractivity (Wildman–Crippen MR) is 260 cm³/mol. The maximum atomic E-state index is 12.5. The molecule has 60 heavy (non-hydrogen) atoms. The summed E-state index contributed by atoms with van der Waals surface area (Å²) in [4.78, 5) is 24.4. The maximum absolute atomic E-state index is 12.5. The van der Waals surface area contributed by atoms with Crippen molar-refractivity contribution >= 4 is 11.9 Å². The van der Waals surface area contributed by atoms with E-state index in [1.807, 2.05) is 0 Å². The van der Waals surface area contributed by atoms with Crippen LogP contribution in [0.25, 0.3) is 0 Å². The Labute approximate surface area is 375 Å². The Kier molecular flexibility index (Phi) is 49.5. The molecule has 3 N–H and O–H groups in total. The fourth-order valence-corrected chi connectivity index (χ4v) is 8.70. The Balaban J connectivity index is 3.40.